The number of rotatable bonds is 3. The topological polar surface area (TPSA) is 116 Å². The van der Waals surface area contributed by atoms with Crippen molar-refractivity contribution in [1.82, 2.24) is 15.5 Å². The number of aromatic amines is 1. The SMILES string of the molecule is O=C(NC(=NC1CCS(=O)(=O)C1)Nc1cc(C(F)(F)F)[nH]n1)c1ccc(Cl)c(F)c1. The lowest BCUT2D eigenvalue weighted by Crippen LogP contribution is -2.37. The highest BCUT2D eigenvalue weighted by Gasteiger charge is 2.33. The molecule has 1 fully saturated rings. The number of hydrogen-bond acceptors (Lipinski definition) is 5. The molecule has 14 heteroatoms. The molecule has 1 unspecified atom stereocenters. The highest BCUT2D eigenvalue weighted by Crippen LogP contribution is 2.28. The van der Waals surface area contributed by atoms with Gasteiger partial charge in [-0.3, -0.25) is 15.2 Å². The Morgan fingerprint density at radius 1 is 1.30 bits per heavy atom. The van der Waals surface area contributed by atoms with Gasteiger partial charge in [-0.15, -0.1) is 0 Å². The van der Waals surface area contributed by atoms with Gasteiger partial charge in [0.25, 0.3) is 5.91 Å². The number of carbonyl (C=O) groups excluding carboxylic acids is 1. The summed E-state index contributed by atoms with van der Waals surface area (Å²) in [4.78, 5) is 16.5. The van der Waals surface area contributed by atoms with E-state index in [0.717, 1.165) is 12.1 Å². The number of halogens is 5. The van der Waals surface area contributed by atoms with Gasteiger partial charge in [-0.25, -0.2) is 17.8 Å². The maximum absolute atomic E-state index is 13.6. The smallest absolute Gasteiger partial charge is 0.309 e. The lowest BCUT2D eigenvalue weighted by Gasteiger charge is -2.12. The third kappa shape index (κ3) is 5.48. The second-order valence-corrected chi connectivity index (χ2v) is 9.04. The van der Waals surface area contributed by atoms with Gasteiger partial charge in [-0.1, -0.05) is 11.6 Å². The first-order chi connectivity index (χ1) is 13.9. The molecule has 1 amide bonds. The second-order valence-electron chi connectivity index (χ2n) is 6.41. The van der Waals surface area contributed by atoms with Crippen LogP contribution in [0, 0.1) is 5.82 Å². The van der Waals surface area contributed by atoms with Gasteiger partial charge in [-0.2, -0.15) is 18.3 Å². The third-order valence-electron chi connectivity index (χ3n) is 4.06. The maximum Gasteiger partial charge on any atom is 0.432 e. The van der Waals surface area contributed by atoms with Crippen LogP contribution in [0.25, 0.3) is 0 Å². The predicted octanol–water partition coefficient (Wildman–Crippen LogP) is 2.61. The van der Waals surface area contributed by atoms with Crippen molar-refractivity contribution in [3.8, 4) is 0 Å². The Morgan fingerprint density at radius 3 is 2.60 bits per heavy atom. The molecule has 0 saturated carbocycles. The Kier molecular flexibility index (Phi) is 6.04. The van der Waals surface area contributed by atoms with Crippen molar-refractivity contribution in [2.45, 2.75) is 18.6 Å². The first-order valence-electron chi connectivity index (χ1n) is 8.37. The predicted molar refractivity (Wildman–Crippen MR) is 101 cm³/mol. The van der Waals surface area contributed by atoms with Gasteiger partial charge in [0, 0.05) is 11.6 Å². The minimum atomic E-state index is -4.67. The van der Waals surface area contributed by atoms with E-state index in [4.69, 9.17) is 11.6 Å². The van der Waals surface area contributed by atoms with Crippen molar-refractivity contribution in [3.05, 3.63) is 46.4 Å². The number of anilines is 1. The molecular weight excluding hydrogens is 454 g/mol. The van der Waals surface area contributed by atoms with Gasteiger partial charge in [0.1, 0.15) is 11.5 Å². The number of alkyl halides is 3. The molecular formula is C16H14ClF4N5O3S. The van der Waals surface area contributed by atoms with E-state index in [1.165, 1.54) is 6.07 Å². The van der Waals surface area contributed by atoms with Crippen LogP contribution < -0.4 is 10.6 Å². The molecule has 162 valence electrons. The molecule has 1 aromatic heterocycles. The lowest BCUT2D eigenvalue weighted by molar-refractivity contribution is -0.141. The van der Waals surface area contributed by atoms with Crippen LogP contribution in [-0.4, -0.2) is 48.0 Å². The average Bonchev–Trinajstić information content (AvgIpc) is 3.23. The number of nitrogens with zero attached hydrogens (tertiary/aromatic N) is 2. The first kappa shape index (κ1) is 22.0. The Labute approximate surface area is 172 Å². The van der Waals surface area contributed by atoms with Gasteiger partial charge in [0.15, 0.2) is 15.7 Å². The Balaban J connectivity index is 1.84. The van der Waals surface area contributed by atoms with Gasteiger partial charge in [-0.05, 0) is 24.6 Å². The van der Waals surface area contributed by atoms with Crippen LogP contribution in [0.15, 0.2) is 29.3 Å². The van der Waals surface area contributed by atoms with Gasteiger partial charge >= 0.3 is 6.18 Å². The lowest BCUT2D eigenvalue weighted by atomic mass is 10.2. The maximum atomic E-state index is 13.6. The van der Waals surface area contributed by atoms with Crippen LogP contribution in [0.3, 0.4) is 0 Å². The number of guanidine groups is 1. The number of H-pyrrole nitrogens is 1. The second kappa shape index (κ2) is 8.22. The van der Waals surface area contributed by atoms with Gasteiger partial charge in [0.05, 0.1) is 22.6 Å². The van der Waals surface area contributed by atoms with Crippen molar-refractivity contribution in [2.75, 3.05) is 16.8 Å². The van der Waals surface area contributed by atoms with E-state index in [-0.39, 0.29) is 40.3 Å². The molecule has 8 nitrogen and oxygen atoms in total. The minimum absolute atomic E-state index is 0.106. The number of aromatic nitrogens is 2. The zero-order valence-corrected chi connectivity index (χ0v) is 16.5. The van der Waals surface area contributed by atoms with Crippen molar-refractivity contribution < 1.29 is 30.8 Å². The van der Waals surface area contributed by atoms with Crippen LogP contribution in [-0.2, 0) is 16.0 Å². The Bertz CT molecular complexity index is 1100. The summed E-state index contributed by atoms with van der Waals surface area (Å²) in [6.45, 7) is 0. The van der Waals surface area contributed by atoms with Crippen molar-refractivity contribution >= 4 is 39.1 Å². The molecule has 3 N–H and O–H groups in total. The molecule has 1 saturated heterocycles. The van der Waals surface area contributed by atoms with Crippen molar-refractivity contribution in [2.24, 2.45) is 4.99 Å². The minimum Gasteiger partial charge on any atom is -0.309 e. The van der Waals surface area contributed by atoms with Crippen LogP contribution in [0.1, 0.15) is 22.5 Å². The molecule has 30 heavy (non-hydrogen) atoms. The molecule has 0 bridgehead atoms. The summed E-state index contributed by atoms with van der Waals surface area (Å²) in [6, 6.07) is 3.18. The van der Waals surface area contributed by atoms with E-state index in [1.807, 2.05) is 0 Å². The fourth-order valence-electron chi connectivity index (χ4n) is 2.62. The number of sulfone groups is 1. The van der Waals surface area contributed by atoms with E-state index in [9.17, 15) is 30.8 Å². The molecule has 0 radical (unpaired) electrons. The average molecular weight is 468 g/mol. The third-order valence-corrected chi connectivity index (χ3v) is 6.12. The summed E-state index contributed by atoms with van der Waals surface area (Å²) < 4.78 is 75.1. The van der Waals surface area contributed by atoms with Gasteiger partial charge in [0.2, 0.25) is 5.96 Å². The summed E-state index contributed by atoms with van der Waals surface area (Å²) in [6.07, 6.45) is -4.50. The number of carbonyl (C=O) groups is 1. The monoisotopic (exact) mass is 467 g/mol. The number of benzene rings is 1. The van der Waals surface area contributed by atoms with Crippen molar-refractivity contribution in [1.29, 1.82) is 0 Å². The molecule has 1 aliphatic heterocycles. The zero-order valence-electron chi connectivity index (χ0n) is 14.9. The molecule has 2 aromatic rings. The van der Waals surface area contributed by atoms with E-state index in [0.29, 0.717) is 6.07 Å². The fraction of sp³-hybridized carbons (Fsp3) is 0.312. The zero-order chi connectivity index (χ0) is 22.1. The largest absolute Gasteiger partial charge is 0.432 e. The van der Waals surface area contributed by atoms with E-state index < -0.39 is 39.5 Å². The Morgan fingerprint density at radius 2 is 2.03 bits per heavy atom. The van der Waals surface area contributed by atoms with Crippen LogP contribution >= 0.6 is 11.6 Å². The molecule has 0 spiro atoms. The quantitative estimate of drug-likeness (QED) is 0.364. The first-order valence-corrected chi connectivity index (χ1v) is 10.6. The molecule has 1 atom stereocenters. The molecule has 1 aromatic carbocycles. The van der Waals surface area contributed by atoms with Gasteiger partial charge < -0.3 is 5.32 Å². The summed E-state index contributed by atoms with van der Waals surface area (Å²) in [5.74, 6) is -2.73. The Hall–Kier alpha value is -2.67. The van der Waals surface area contributed by atoms with Crippen LogP contribution in [0.4, 0.5) is 23.4 Å². The number of nitrogens with one attached hydrogen (secondary N) is 3. The van der Waals surface area contributed by atoms with Crippen molar-refractivity contribution in [3.63, 3.8) is 0 Å². The van der Waals surface area contributed by atoms with Crippen LogP contribution in [0.2, 0.25) is 5.02 Å². The van der Waals surface area contributed by atoms with E-state index in [2.05, 4.69) is 20.7 Å². The summed E-state index contributed by atoms with van der Waals surface area (Å²) >= 11 is 5.57. The highest BCUT2D eigenvalue weighted by molar-refractivity contribution is 7.91. The normalized spacial score (nSPS) is 19.0. The molecule has 1 aliphatic rings. The van der Waals surface area contributed by atoms with E-state index >= 15 is 0 Å². The summed E-state index contributed by atoms with van der Waals surface area (Å²) in [5.41, 5.74) is -1.28. The van der Waals surface area contributed by atoms with E-state index in [1.54, 1.807) is 5.10 Å². The van der Waals surface area contributed by atoms with Crippen LogP contribution in [0.5, 0.6) is 0 Å². The highest BCUT2D eigenvalue weighted by atomic mass is 35.5. The molecule has 0 aliphatic carbocycles. The molecule has 2 heterocycles. The number of hydrogen-bond donors (Lipinski definition) is 3. The molecule has 3 rings (SSSR count). The standard InChI is InChI=1S/C16H14ClF4N5O3S/c17-10-2-1-8(5-11(10)18)14(27)24-15(22-9-3-4-30(28,29)7-9)23-13-6-12(25-26-13)16(19,20)21/h1-2,5-6,9H,3-4,7H2,(H3,22,23,24,25,26,27). The number of aliphatic imine (C=N–C) groups is 1. The summed E-state index contributed by atoms with van der Waals surface area (Å²) in [7, 11) is -3.30. The summed E-state index contributed by atoms with van der Waals surface area (Å²) in [5, 5.41) is 9.74. The fourth-order valence-corrected chi connectivity index (χ4v) is 4.37. The number of amides is 1.